The Bertz CT molecular complexity index is 1310. The third-order valence-electron chi connectivity index (χ3n) is 13.2. The summed E-state index contributed by atoms with van der Waals surface area (Å²) in [4.78, 5) is 52.5. The molecule has 17 nitrogen and oxygen atoms in total. The Morgan fingerprint density at radius 2 is 0.985 bits per heavy atom. The lowest BCUT2D eigenvalue weighted by Crippen LogP contribution is -2.63. The summed E-state index contributed by atoms with van der Waals surface area (Å²) in [7, 11) is 1.26. The van der Waals surface area contributed by atoms with Crippen molar-refractivity contribution in [2.24, 2.45) is 5.92 Å². The van der Waals surface area contributed by atoms with Gasteiger partial charge in [-0.05, 0) is 12.8 Å². The van der Waals surface area contributed by atoms with Crippen molar-refractivity contribution in [1.82, 2.24) is 21.3 Å². The first-order valence-corrected chi connectivity index (χ1v) is 26.3. The first-order chi connectivity index (χ1) is 32.4. The summed E-state index contributed by atoms with van der Waals surface area (Å²) < 4.78 is 22.1. The zero-order valence-corrected chi connectivity index (χ0v) is 41.8. The lowest BCUT2D eigenvalue weighted by atomic mass is 9.90. The Kier molecular flexibility index (Phi) is 33.8. The molecule has 0 bridgehead atoms. The zero-order chi connectivity index (χ0) is 49.2. The van der Waals surface area contributed by atoms with E-state index in [9.17, 15) is 44.7 Å². The molecule has 2 fully saturated rings. The minimum Gasteiger partial charge on any atom is -0.394 e. The molecule has 67 heavy (non-hydrogen) atoms. The molecule has 0 spiro atoms. The highest BCUT2D eigenvalue weighted by molar-refractivity contribution is 5.92. The topological polar surface area (TPSA) is 254 Å². The molecule has 2 aliphatic rings. The molecule has 0 aromatic carbocycles. The minimum atomic E-state index is -1.60. The predicted octanol–water partition coefficient (Wildman–Crippen LogP) is 4.95. The minimum absolute atomic E-state index is 0.143. The van der Waals surface area contributed by atoms with E-state index in [-0.39, 0.29) is 31.7 Å². The Hall–Kier alpha value is -2.48. The molecule has 17 heteroatoms. The van der Waals surface area contributed by atoms with Crippen molar-refractivity contribution in [3.05, 3.63) is 0 Å². The van der Waals surface area contributed by atoms with Gasteiger partial charge in [-0.2, -0.15) is 0 Å². The van der Waals surface area contributed by atoms with Crippen LogP contribution in [-0.2, 0) is 38.1 Å². The average Bonchev–Trinajstić information content (AvgIpc) is 3.32. The van der Waals surface area contributed by atoms with Gasteiger partial charge in [0, 0.05) is 45.5 Å². The molecule has 0 aromatic heterocycles. The van der Waals surface area contributed by atoms with Gasteiger partial charge in [0.05, 0.1) is 25.2 Å². The summed E-state index contributed by atoms with van der Waals surface area (Å²) in [6.45, 7) is 6.21. The molecule has 2 aliphatic heterocycles. The number of ether oxygens (including phenoxy) is 4. The molecule has 4 amide bonds. The van der Waals surface area contributed by atoms with E-state index in [1.54, 1.807) is 6.92 Å². The van der Waals surface area contributed by atoms with Crippen molar-refractivity contribution in [2.45, 2.75) is 255 Å². The molecule has 0 saturated carbocycles. The summed E-state index contributed by atoms with van der Waals surface area (Å²) in [5, 5.41) is 63.6. The Morgan fingerprint density at radius 3 is 1.48 bits per heavy atom. The number of methoxy groups -OCH3 is 1. The van der Waals surface area contributed by atoms with Gasteiger partial charge in [0.2, 0.25) is 23.6 Å². The van der Waals surface area contributed by atoms with Crippen LogP contribution in [0.25, 0.3) is 0 Å². The molecule has 4 unspecified atom stereocenters. The van der Waals surface area contributed by atoms with Crippen LogP contribution in [-0.4, -0.2) is 144 Å². The quantitative estimate of drug-likeness (QED) is 0.0371. The monoisotopic (exact) mass is 959 g/mol. The maximum absolute atomic E-state index is 13.3. The fourth-order valence-electron chi connectivity index (χ4n) is 8.74. The van der Waals surface area contributed by atoms with Crippen molar-refractivity contribution < 1.29 is 63.7 Å². The number of aliphatic hydroxyl groups excluding tert-OH is 5. The zero-order valence-electron chi connectivity index (χ0n) is 41.8. The van der Waals surface area contributed by atoms with Gasteiger partial charge in [-0.3, -0.25) is 19.2 Å². The van der Waals surface area contributed by atoms with Crippen molar-refractivity contribution in [3.63, 3.8) is 0 Å². The fourth-order valence-corrected chi connectivity index (χ4v) is 8.74. The van der Waals surface area contributed by atoms with E-state index in [1.807, 2.05) is 0 Å². The molecule has 0 radical (unpaired) electrons. The van der Waals surface area contributed by atoms with Gasteiger partial charge in [0.25, 0.3) is 0 Å². The van der Waals surface area contributed by atoms with Crippen LogP contribution in [0.3, 0.4) is 0 Å². The number of nitrogens with one attached hydrogen (secondary N) is 4. The number of aliphatic hydroxyl groups is 5. The second-order valence-electron chi connectivity index (χ2n) is 19.0. The van der Waals surface area contributed by atoms with E-state index < -0.39 is 91.6 Å². The van der Waals surface area contributed by atoms with E-state index in [0.717, 1.165) is 44.9 Å². The molecule has 11 atom stereocenters. The third kappa shape index (κ3) is 25.3. The lowest BCUT2D eigenvalue weighted by molar-refractivity contribution is -0.351. The maximum atomic E-state index is 13.3. The molecule has 2 heterocycles. The molecular weight excluding hydrogens is 865 g/mol. The SMILES string of the molecule is CCCCCCCCCCCCCCCCNC(=O)C[C@H](NC(=O)CCC(=O)NCC1O[C@H](O[C@@H]2C(CO)O[C@H](OC)C(O)[C@H]2O)C(O)[C@@H](O)[C@@H]1C)C(=O)NCCCCCCCCCCCC. The van der Waals surface area contributed by atoms with Gasteiger partial charge in [-0.25, -0.2) is 0 Å². The third-order valence-corrected chi connectivity index (χ3v) is 13.2. The van der Waals surface area contributed by atoms with Crippen LogP contribution < -0.4 is 21.3 Å². The van der Waals surface area contributed by atoms with Crippen LogP contribution in [0.4, 0.5) is 0 Å². The van der Waals surface area contributed by atoms with E-state index in [2.05, 4.69) is 35.1 Å². The maximum Gasteiger partial charge on any atom is 0.243 e. The van der Waals surface area contributed by atoms with Gasteiger partial charge in [0.15, 0.2) is 12.6 Å². The van der Waals surface area contributed by atoms with E-state index >= 15 is 0 Å². The number of hydrogen-bond donors (Lipinski definition) is 9. The molecule has 2 rings (SSSR count). The van der Waals surface area contributed by atoms with E-state index in [1.165, 1.54) is 116 Å². The number of rotatable bonds is 39. The highest BCUT2D eigenvalue weighted by Crippen LogP contribution is 2.31. The highest BCUT2D eigenvalue weighted by Gasteiger charge is 2.50. The molecule has 392 valence electrons. The lowest BCUT2D eigenvalue weighted by Gasteiger charge is -2.46. The molecular formula is C50H94N4O13. The van der Waals surface area contributed by atoms with Gasteiger partial charge < -0.3 is 65.7 Å². The van der Waals surface area contributed by atoms with E-state index in [0.29, 0.717) is 13.1 Å². The van der Waals surface area contributed by atoms with Crippen molar-refractivity contribution in [3.8, 4) is 0 Å². The highest BCUT2D eigenvalue weighted by atomic mass is 16.7. The molecule has 0 aliphatic carbocycles. The molecule has 0 aromatic rings. The van der Waals surface area contributed by atoms with Crippen LogP contribution >= 0.6 is 0 Å². The summed E-state index contributed by atoms with van der Waals surface area (Å²) in [5.41, 5.74) is 0. The summed E-state index contributed by atoms with van der Waals surface area (Å²) in [5.74, 6) is -2.58. The Balaban J connectivity index is 1.83. The first kappa shape index (κ1) is 60.6. The van der Waals surface area contributed by atoms with Crippen molar-refractivity contribution in [2.75, 3.05) is 33.4 Å². The fraction of sp³-hybridized carbons (Fsp3) is 0.920. The van der Waals surface area contributed by atoms with Crippen molar-refractivity contribution >= 4 is 23.6 Å². The Labute approximate surface area is 402 Å². The van der Waals surface area contributed by atoms with Crippen LogP contribution in [0.15, 0.2) is 0 Å². The first-order valence-electron chi connectivity index (χ1n) is 26.3. The number of unbranched alkanes of at least 4 members (excludes halogenated alkanes) is 22. The average molecular weight is 959 g/mol. The van der Waals surface area contributed by atoms with Crippen molar-refractivity contribution in [1.29, 1.82) is 0 Å². The van der Waals surface area contributed by atoms with Gasteiger partial charge in [-0.1, -0.05) is 162 Å². The van der Waals surface area contributed by atoms with Crippen LogP contribution in [0.2, 0.25) is 0 Å². The van der Waals surface area contributed by atoms with Crippen LogP contribution in [0.1, 0.15) is 194 Å². The number of carbonyl (C=O) groups excluding carboxylic acids is 4. The van der Waals surface area contributed by atoms with Crippen LogP contribution in [0.5, 0.6) is 0 Å². The summed E-state index contributed by atoms with van der Waals surface area (Å²) in [6.07, 6.45) is 15.8. The van der Waals surface area contributed by atoms with Gasteiger partial charge in [0.1, 0.15) is 36.6 Å². The smallest absolute Gasteiger partial charge is 0.243 e. The predicted molar refractivity (Wildman–Crippen MR) is 256 cm³/mol. The number of carbonyl (C=O) groups is 4. The van der Waals surface area contributed by atoms with Crippen LogP contribution in [0, 0.1) is 5.92 Å². The standard InChI is InChI=1S/C50H94N4O13/c1-5-7-9-11-13-15-17-18-19-20-22-23-25-27-31-51-42(58)33-37(48(63)52-32-28-26-24-21-16-14-12-10-8-6-2)54-41(57)30-29-40(56)53-34-38-36(3)43(59)45(61)50(65-38)67-47-39(35-55)66-49(64-4)46(62)44(47)60/h36-39,43-47,49-50,55,59-62H,5-35H2,1-4H3,(H,51,58)(H,52,63)(H,53,56)(H,54,57)/t36-,37+,38?,39?,43+,44-,45?,46?,47-,49+,50-/m1/s1. The van der Waals surface area contributed by atoms with Gasteiger partial charge in [-0.15, -0.1) is 0 Å². The normalized spacial score (nSPS) is 25.6. The largest absolute Gasteiger partial charge is 0.394 e. The number of hydrogen-bond acceptors (Lipinski definition) is 13. The molecule has 2 saturated heterocycles. The Morgan fingerprint density at radius 1 is 0.537 bits per heavy atom. The van der Waals surface area contributed by atoms with Gasteiger partial charge >= 0.3 is 0 Å². The summed E-state index contributed by atoms with van der Waals surface area (Å²) >= 11 is 0. The second kappa shape index (κ2) is 37.4. The number of amides is 4. The molecule has 9 N–H and O–H groups in total. The second-order valence-corrected chi connectivity index (χ2v) is 19.0. The van der Waals surface area contributed by atoms with E-state index in [4.69, 9.17) is 18.9 Å². The summed E-state index contributed by atoms with van der Waals surface area (Å²) in [6, 6.07) is -1.11.